The van der Waals surface area contributed by atoms with Crippen molar-refractivity contribution in [2.24, 2.45) is 0 Å². The van der Waals surface area contributed by atoms with Crippen LogP contribution in [0.15, 0.2) is 36.9 Å². The summed E-state index contributed by atoms with van der Waals surface area (Å²) in [7, 11) is 0. The van der Waals surface area contributed by atoms with Crippen molar-refractivity contribution in [1.29, 1.82) is 0 Å². The molecule has 0 saturated carbocycles. The van der Waals surface area contributed by atoms with Gasteiger partial charge in [-0.05, 0) is 41.0 Å². The summed E-state index contributed by atoms with van der Waals surface area (Å²) in [5.41, 5.74) is 2.95. The monoisotopic (exact) mass is 271 g/mol. The predicted molar refractivity (Wildman–Crippen MR) is 73.1 cm³/mol. The van der Waals surface area contributed by atoms with E-state index in [0.717, 1.165) is 17.2 Å². The third-order valence-electron chi connectivity index (χ3n) is 3.42. The number of halogens is 2. The van der Waals surface area contributed by atoms with Gasteiger partial charge in [-0.2, -0.15) is 0 Å². The maximum absolute atomic E-state index is 13.9. The number of nitrogens with one attached hydrogen (secondary N) is 1. The Morgan fingerprint density at radius 3 is 2.65 bits per heavy atom. The lowest BCUT2D eigenvalue weighted by atomic mass is 9.95. The third-order valence-corrected chi connectivity index (χ3v) is 3.42. The molecule has 4 heteroatoms. The number of fused-ring (bicyclic) bond motifs is 1. The Hall–Kier alpha value is -2.49. The average molecular weight is 271 g/mol. The van der Waals surface area contributed by atoms with Crippen LogP contribution >= 0.6 is 0 Å². The first-order valence-corrected chi connectivity index (χ1v) is 6.13. The first kappa shape index (κ1) is 12.5. The summed E-state index contributed by atoms with van der Waals surface area (Å²) in [6.45, 7) is 4.16. The molecule has 2 aromatic rings. The van der Waals surface area contributed by atoms with Gasteiger partial charge < -0.3 is 5.32 Å². The summed E-state index contributed by atoms with van der Waals surface area (Å²) < 4.78 is 26.8. The molecule has 0 aliphatic carbocycles. The van der Waals surface area contributed by atoms with E-state index in [-0.39, 0.29) is 11.5 Å². The van der Waals surface area contributed by atoms with Crippen LogP contribution in [0.3, 0.4) is 0 Å². The van der Waals surface area contributed by atoms with Gasteiger partial charge in [0.15, 0.2) is 0 Å². The minimum absolute atomic E-state index is 0.188. The molecule has 1 N–H and O–H groups in total. The zero-order valence-corrected chi connectivity index (χ0v) is 10.5. The Labute approximate surface area is 114 Å². The second-order valence-electron chi connectivity index (χ2n) is 4.60. The van der Waals surface area contributed by atoms with Crippen molar-refractivity contribution in [2.45, 2.75) is 6.54 Å². The molecule has 3 rings (SSSR count). The quantitative estimate of drug-likeness (QED) is 0.889. The topological polar surface area (TPSA) is 29.1 Å². The lowest BCUT2D eigenvalue weighted by Crippen LogP contribution is -2.12. The molecular formula is C16H11F2NO. The largest absolute Gasteiger partial charge is 0.348 e. The van der Waals surface area contributed by atoms with Crippen LogP contribution in [0.2, 0.25) is 0 Å². The molecule has 0 aromatic heterocycles. The first-order valence-electron chi connectivity index (χ1n) is 6.13. The molecule has 100 valence electrons. The van der Waals surface area contributed by atoms with E-state index < -0.39 is 11.6 Å². The average Bonchev–Trinajstić information content (AvgIpc) is 2.80. The molecule has 0 fully saturated rings. The molecule has 0 saturated heterocycles. The molecule has 2 aromatic carbocycles. The van der Waals surface area contributed by atoms with Gasteiger partial charge in [-0.25, -0.2) is 8.78 Å². The number of hydrogen-bond donors (Lipinski definition) is 1. The Bertz CT molecular complexity index is 737. The van der Waals surface area contributed by atoms with Crippen molar-refractivity contribution >= 4 is 12.0 Å². The Morgan fingerprint density at radius 2 is 1.95 bits per heavy atom. The fourth-order valence-electron chi connectivity index (χ4n) is 2.42. The maximum atomic E-state index is 13.9. The maximum Gasteiger partial charge on any atom is 0.251 e. The smallest absolute Gasteiger partial charge is 0.251 e. The molecule has 0 atom stereocenters. The van der Waals surface area contributed by atoms with Crippen LogP contribution in [0, 0.1) is 11.6 Å². The molecule has 1 aliphatic rings. The molecule has 1 heterocycles. The SMILES string of the molecule is C=Cc1cc(-c2ccc(F)cc2F)cc2c1CNC2=O. The number of hydrogen-bond acceptors (Lipinski definition) is 1. The normalized spacial score (nSPS) is 13.0. The van der Waals surface area contributed by atoms with E-state index in [9.17, 15) is 13.6 Å². The van der Waals surface area contributed by atoms with E-state index in [2.05, 4.69) is 11.9 Å². The van der Waals surface area contributed by atoms with Gasteiger partial charge in [-0.15, -0.1) is 0 Å². The number of rotatable bonds is 2. The summed E-state index contributed by atoms with van der Waals surface area (Å²) in [6.07, 6.45) is 1.63. The minimum atomic E-state index is -0.654. The zero-order chi connectivity index (χ0) is 14.3. The van der Waals surface area contributed by atoms with Crippen LogP contribution in [-0.2, 0) is 6.54 Å². The highest BCUT2D eigenvalue weighted by atomic mass is 19.1. The summed E-state index contributed by atoms with van der Waals surface area (Å²) in [5, 5.41) is 2.72. The Balaban J connectivity index is 2.22. The highest BCUT2D eigenvalue weighted by molar-refractivity contribution is 6.00. The molecule has 0 bridgehead atoms. The fourth-order valence-corrected chi connectivity index (χ4v) is 2.42. The van der Waals surface area contributed by atoms with Gasteiger partial charge in [0.05, 0.1) is 0 Å². The van der Waals surface area contributed by atoms with Crippen molar-refractivity contribution < 1.29 is 13.6 Å². The highest BCUT2D eigenvalue weighted by Gasteiger charge is 2.22. The standard InChI is InChI=1S/C16H11F2NO/c1-2-9-5-10(6-13-14(9)8-19-16(13)20)12-4-3-11(17)7-15(12)18/h2-7H,1,8H2,(H,19,20). The van der Waals surface area contributed by atoms with E-state index in [1.54, 1.807) is 18.2 Å². The summed E-state index contributed by atoms with van der Waals surface area (Å²) in [4.78, 5) is 11.8. The van der Waals surface area contributed by atoms with Crippen molar-refractivity contribution in [2.75, 3.05) is 0 Å². The van der Waals surface area contributed by atoms with Gasteiger partial charge in [-0.1, -0.05) is 12.7 Å². The predicted octanol–water partition coefficient (Wildman–Crippen LogP) is 3.52. The van der Waals surface area contributed by atoms with Gasteiger partial charge in [0, 0.05) is 23.7 Å². The van der Waals surface area contributed by atoms with Crippen molar-refractivity contribution in [1.82, 2.24) is 5.32 Å². The summed E-state index contributed by atoms with van der Waals surface area (Å²) in [6, 6.07) is 6.77. The van der Waals surface area contributed by atoms with Crippen molar-refractivity contribution in [3.63, 3.8) is 0 Å². The molecule has 0 radical (unpaired) electrons. The van der Waals surface area contributed by atoms with Crippen LogP contribution in [0.5, 0.6) is 0 Å². The van der Waals surface area contributed by atoms with Gasteiger partial charge in [0.25, 0.3) is 5.91 Å². The lowest BCUT2D eigenvalue weighted by molar-refractivity contribution is 0.0966. The van der Waals surface area contributed by atoms with E-state index in [4.69, 9.17) is 0 Å². The number of carbonyl (C=O) groups is 1. The summed E-state index contributed by atoms with van der Waals surface area (Å²) in [5.74, 6) is -1.47. The second kappa shape index (κ2) is 4.56. The molecule has 0 spiro atoms. The van der Waals surface area contributed by atoms with Crippen LogP contribution in [0.4, 0.5) is 8.78 Å². The van der Waals surface area contributed by atoms with E-state index in [1.165, 1.54) is 12.1 Å². The minimum Gasteiger partial charge on any atom is -0.348 e. The van der Waals surface area contributed by atoms with E-state index in [0.29, 0.717) is 17.7 Å². The molecule has 20 heavy (non-hydrogen) atoms. The van der Waals surface area contributed by atoms with Gasteiger partial charge >= 0.3 is 0 Å². The fraction of sp³-hybridized carbons (Fsp3) is 0.0625. The second-order valence-corrected chi connectivity index (χ2v) is 4.60. The van der Waals surface area contributed by atoms with Crippen LogP contribution in [0.1, 0.15) is 21.5 Å². The van der Waals surface area contributed by atoms with Gasteiger partial charge in [0.1, 0.15) is 11.6 Å². The summed E-state index contributed by atoms with van der Waals surface area (Å²) >= 11 is 0. The Morgan fingerprint density at radius 1 is 1.15 bits per heavy atom. The van der Waals surface area contributed by atoms with Crippen LogP contribution < -0.4 is 5.32 Å². The number of benzene rings is 2. The molecular weight excluding hydrogens is 260 g/mol. The zero-order valence-electron chi connectivity index (χ0n) is 10.5. The van der Waals surface area contributed by atoms with Crippen molar-refractivity contribution in [3.05, 3.63) is 65.2 Å². The molecule has 1 aliphatic heterocycles. The molecule has 1 amide bonds. The van der Waals surface area contributed by atoms with E-state index >= 15 is 0 Å². The van der Waals surface area contributed by atoms with Gasteiger partial charge in [0.2, 0.25) is 0 Å². The van der Waals surface area contributed by atoms with Crippen LogP contribution in [0.25, 0.3) is 17.2 Å². The van der Waals surface area contributed by atoms with Gasteiger partial charge in [-0.3, -0.25) is 4.79 Å². The number of carbonyl (C=O) groups excluding carboxylic acids is 1. The first-order chi connectivity index (χ1) is 9.60. The lowest BCUT2D eigenvalue weighted by Gasteiger charge is -2.09. The molecule has 2 nitrogen and oxygen atoms in total. The van der Waals surface area contributed by atoms with Crippen molar-refractivity contribution in [3.8, 4) is 11.1 Å². The highest BCUT2D eigenvalue weighted by Crippen LogP contribution is 2.30. The third kappa shape index (κ3) is 1.90. The van der Waals surface area contributed by atoms with Crippen LogP contribution in [-0.4, -0.2) is 5.91 Å². The number of amides is 1. The Kier molecular flexibility index (Phi) is 2.86. The van der Waals surface area contributed by atoms with E-state index in [1.807, 2.05) is 0 Å². The molecule has 0 unspecified atom stereocenters.